The molecule has 0 aromatic heterocycles. The number of nitrogens with one attached hydrogen (secondary N) is 1. The topological polar surface area (TPSA) is 97.4 Å². The summed E-state index contributed by atoms with van der Waals surface area (Å²) in [5.41, 5.74) is 4.75. The lowest BCUT2D eigenvalue weighted by molar-refractivity contribution is 0.0968. The van der Waals surface area contributed by atoms with Crippen molar-refractivity contribution in [3.8, 4) is 17.2 Å². The molecular formula is C38H37N3O6S. The van der Waals surface area contributed by atoms with E-state index in [9.17, 15) is 13.2 Å². The van der Waals surface area contributed by atoms with E-state index in [1.807, 2.05) is 86.6 Å². The maximum Gasteiger partial charge on any atom is 0.262 e. The van der Waals surface area contributed by atoms with Crippen LogP contribution in [-0.4, -0.2) is 35.2 Å². The van der Waals surface area contributed by atoms with Gasteiger partial charge in [0.2, 0.25) is 0 Å². The second-order valence-electron chi connectivity index (χ2n) is 11.4. The highest BCUT2D eigenvalue weighted by atomic mass is 32.2. The molecule has 0 fully saturated rings. The minimum absolute atomic E-state index is 0.0310. The van der Waals surface area contributed by atoms with Crippen molar-refractivity contribution in [2.45, 2.75) is 31.5 Å². The molecule has 5 aromatic carbocycles. The molecule has 0 aliphatic carbocycles. The van der Waals surface area contributed by atoms with E-state index in [1.165, 1.54) is 12.1 Å². The van der Waals surface area contributed by atoms with Crippen LogP contribution in [0, 0.1) is 6.92 Å². The molecule has 0 saturated heterocycles. The second-order valence-corrected chi connectivity index (χ2v) is 13.0. The van der Waals surface area contributed by atoms with Gasteiger partial charge in [0.15, 0.2) is 11.5 Å². The average Bonchev–Trinajstić information content (AvgIpc) is 3.10. The number of ether oxygens (including phenoxy) is 3. The number of benzene rings is 5. The molecule has 1 aliphatic heterocycles. The summed E-state index contributed by atoms with van der Waals surface area (Å²) in [6, 6.07) is 34.7. The number of sulfonamides is 1. The largest absolute Gasteiger partial charge is 0.494 e. The number of aryl methyl sites for hydroxylation is 1. The number of rotatable bonds is 11. The average molecular weight is 664 g/mol. The van der Waals surface area contributed by atoms with Crippen LogP contribution < -0.4 is 28.7 Å². The predicted molar refractivity (Wildman–Crippen MR) is 188 cm³/mol. The summed E-state index contributed by atoms with van der Waals surface area (Å²) < 4.78 is 46.7. The van der Waals surface area contributed by atoms with Gasteiger partial charge in [-0.1, -0.05) is 54.1 Å². The van der Waals surface area contributed by atoms with Crippen LogP contribution in [0.2, 0.25) is 0 Å². The van der Waals surface area contributed by atoms with Gasteiger partial charge in [0.05, 0.1) is 37.0 Å². The first kappa shape index (κ1) is 32.5. The van der Waals surface area contributed by atoms with E-state index in [2.05, 4.69) is 9.62 Å². The van der Waals surface area contributed by atoms with Gasteiger partial charge in [0, 0.05) is 17.9 Å². The van der Waals surface area contributed by atoms with Crippen molar-refractivity contribution >= 4 is 33.0 Å². The van der Waals surface area contributed by atoms with Gasteiger partial charge in [0.25, 0.3) is 15.9 Å². The Labute approximate surface area is 281 Å². The van der Waals surface area contributed by atoms with Crippen LogP contribution in [0.3, 0.4) is 0 Å². The predicted octanol–water partition coefficient (Wildman–Crippen LogP) is 7.58. The lowest BCUT2D eigenvalue weighted by atomic mass is 9.98. The second kappa shape index (κ2) is 13.7. The highest BCUT2D eigenvalue weighted by Gasteiger charge is 2.40. The number of nitrogens with zero attached hydrogens (tertiary/aromatic N) is 2. The van der Waals surface area contributed by atoms with E-state index in [-0.39, 0.29) is 16.4 Å². The summed E-state index contributed by atoms with van der Waals surface area (Å²) in [6.45, 7) is 4.80. The summed E-state index contributed by atoms with van der Waals surface area (Å²) in [5, 5.41) is 0. The monoisotopic (exact) mass is 663 g/mol. The Hall–Kier alpha value is -5.48. The lowest BCUT2D eigenvalue weighted by Crippen LogP contribution is -2.49. The van der Waals surface area contributed by atoms with Gasteiger partial charge in [-0.3, -0.25) is 14.4 Å². The van der Waals surface area contributed by atoms with Gasteiger partial charge in [0.1, 0.15) is 11.9 Å². The molecule has 0 unspecified atom stereocenters. The SMILES string of the molecule is CCOc1ccc(NS(=O)(=O)c2ccc3c(c2)C(=O)N(c2ccc(C)cc2)[C@H](c2ccc(OC)c(OC)c2)N3Cc2ccccc2)cc1. The zero-order valence-corrected chi connectivity index (χ0v) is 28.0. The van der Waals surface area contributed by atoms with Crippen molar-refractivity contribution in [1.29, 1.82) is 0 Å². The molecule has 48 heavy (non-hydrogen) atoms. The molecule has 1 heterocycles. The fraction of sp³-hybridized carbons (Fsp3) is 0.184. The third-order valence-electron chi connectivity index (χ3n) is 8.21. The molecule has 6 rings (SSSR count). The Bertz CT molecular complexity index is 2020. The van der Waals surface area contributed by atoms with Crippen LogP contribution in [0.5, 0.6) is 17.2 Å². The van der Waals surface area contributed by atoms with Gasteiger partial charge in [-0.05, 0) is 91.7 Å². The first-order chi connectivity index (χ1) is 23.2. The highest BCUT2D eigenvalue weighted by Crippen LogP contribution is 2.44. The molecule has 0 saturated carbocycles. The first-order valence-corrected chi connectivity index (χ1v) is 17.0. The number of methoxy groups -OCH3 is 2. The smallest absolute Gasteiger partial charge is 0.262 e. The number of fused-ring (bicyclic) bond motifs is 1. The maximum absolute atomic E-state index is 14.7. The number of carbonyl (C=O) groups is 1. The third kappa shape index (κ3) is 6.52. The molecule has 0 bridgehead atoms. The van der Waals surface area contributed by atoms with Crippen LogP contribution in [0.25, 0.3) is 0 Å². The minimum Gasteiger partial charge on any atom is -0.494 e. The Balaban J connectivity index is 1.50. The van der Waals surface area contributed by atoms with Crippen LogP contribution in [0.1, 0.15) is 40.1 Å². The van der Waals surface area contributed by atoms with Crippen molar-refractivity contribution < 1.29 is 27.4 Å². The maximum atomic E-state index is 14.7. The first-order valence-electron chi connectivity index (χ1n) is 15.5. The van der Waals surface area contributed by atoms with Gasteiger partial charge in [-0.15, -0.1) is 0 Å². The van der Waals surface area contributed by atoms with Crippen molar-refractivity contribution in [2.24, 2.45) is 0 Å². The van der Waals surface area contributed by atoms with Gasteiger partial charge in [-0.2, -0.15) is 0 Å². The Morgan fingerprint density at radius 3 is 2.17 bits per heavy atom. The molecule has 0 spiro atoms. The zero-order chi connectivity index (χ0) is 33.8. The fourth-order valence-electron chi connectivity index (χ4n) is 5.87. The Morgan fingerprint density at radius 2 is 1.50 bits per heavy atom. The third-order valence-corrected chi connectivity index (χ3v) is 9.59. The van der Waals surface area contributed by atoms with E-state index < -0.39 is 16.2 Å². The van der Waals surface area contributed by atoms with Crippen LogP contribution in [0.4, 0.5) is 17.1 Å². The van der Waals surface area contributed by atoms with Crippen molar-refractivity contribution in [3.05, 3.63) is 138 Å². The molecule has 1 amide bonds. The summed E-state index contributed by atoms with van der Waals surface area (Å²) in [4.78, 5) is 18.5. The highest BCUT2D eigenvalue weighted by molar-refractivity contribution is 7.92. The molecule has 9 nitrogen and oxygen atoms in total. The van der Waals surface area contributed by atoms with Crippen molar-refractivity contribution in [1.82, 2.24) is 0 Å². The van der Waals surface area contributed by atoms with E-state index in [1.54, 1.807) is 49.5 Å². The van der Waals surface area contributed by atoms with Gasteiger partial charge < -0.3 is 19.1 Å². The number of hydrogen-bond donors (Lipinski definition) is 1. The molecule has 5 aromatic rings. The number of amides is 1. The standard InChI is InChI=1S/C38H37N3O6S/c1-5-47-31-18-14-29(15-19-31)39-48(43,44)32-20-21-34-33(24-32)38(42)41(30-16-11-26(2)12-17-30)37(40(34)25-27-9-7-6-8-10-27)28-13-22-35(45-3)36(23-28)46-4/h6-24,37,39H,5,25H2,1-4H3/t37-/m1/s1. The van der Waals surface area contributed by atoms with E-state index in [0.717, 1.165) is 16.7 Å². The Morgan fingerprint density at radius 1 is 0.792 bits per heavy atom. The quantitative estimate of drug-likeness (QED) is 0.156. The van der Waals surface area contributed by atoms with Crippen LogP contribution in [-0.2, 0) is 16.6 Å². The van der Waals surface area contributed by atoms with Crippen molar-refractivity contribution in [3.63, 3.8) is 0 Å². The minimum atomic E-state index is -4.05. The van der Waals surface area contributed by atoms with Gasteiger partial charge in [-0.25, -0.2) is 8.42 Å². The fourth-order valence-corrected chi connectivity index (χ4v) is 6.96. The van der Waals surface area contributed by atoms with E-state index in [4.69, 9.17) is 14.2 Å². The van der Waals surface area contributed by atoms with Gasteiger partial charge >= 0.3 is 0 Å². The van der Waals surface area contributed by atoms with E-state index >= 15 is 0 Å². The Kier molecular flexibility index (Phi) is 9.27. The number of anilines is 3. The lowest BCUT2D eigenvalue weighted by Gasteiger charge is -2.46. The molecule has 10 heteroatoms. The summed E-state index contributed by atoms with van der Waals surface area (Å²) in [7, 11) is -0.899. The number of hydrogen-bond acceptors (Lipinski definition) is 7. The molecule has 1 atom stereocenters. The molecule has 1 N–H and O–H groups in total. The number of carbonyl (C=O) groups excluding carboxylic acids is 1. The molecule has 1 aliphatic rings. The van der Waals surface area contributed by atoms with E-state index in [0.29, 0.717) is 47.5 Å². The van der Waals surface area contributed by atoms with Crippen LogP contribution in [0.15, 0.2) is 120 Å². The van der Waals surface area contributed by atoms with Crippen molar-refractivity contribution in [2.75, 3.05) is 35.3 Å². The molecule has 0 radical (unpaired) electrons. The zero-order valence-electron chi connectivity index (χ0n) is 27.2. The molecule has 246 valence electrons. The summed E-state index contributed by atoms with van der Waals surface area (Å²) in [5.74, 6) is 1.39. The summed E-state index contributed by atoms with van der Waals surface area (Å²) in [6.07, 6.45) is -0.614. The molecular weight excluding hydrogens is 627 g/mol. The van der Waals surface area contributed by atoms with Crippen LogP contribution >= 0.6 is 0 Å². The normalized spacial score (nSPS) is 14.3. The summed E-state index contributed by atoms with van der Waals surface area (Å²) >= 11 is 0.